The summed E-state index contributed by atoms with van der Waals surface area (Å²) in [6.45, 7) is 0.869. The third kappa shape index (κ3) is 5.98. The van der Waals surface area contributed by atoms with E-state index in [0.717, 1.165) is 30.0 Å². The van der Waals surface area contributed by atoms with Crippen molar-refractivity contribution < 1.29 is 30.8 Å². The molecule has 0 atom stereocenters. The minimum atomic E-state index is -4.72. The Kier molecular flexibility index (Phi) is 7.35. The van der Waals surface area contributed by atoms with E-state index in [1.807, 2.05) is 0 Å². The van der Waals surface area contributed by atoms with Crippen molar-refractivity contribution in [1.29, 1.82) is 0 Å². The largest absolute Gasteiger partial charge is 0.416 e. The van der Waals surface area contributed by atoms with Crippen molar-refractivity contribution in [2.75, 3.05) is 10.8 Å². The molecule has 1 amide bonds. The number of hydrogen-bond acceptors (Lipinski definition) is 4. The standard InChI is InChI=1S/C23H19F4N3O3S/c1-16-9-11-20(12-10-16)34(32,33)30(19-7-4-6-18(13-19)23(25,26)27)15-22(31)29-28-14-17-5-2-3-8-21(17)24/h2-14H,15H2,1H3,(H,29,31)/b28-14-. The van der Waals surface area contributed by atoms with Gasteiger partial charge in [0, 0.05) is 5.56 Å². The van der Waals surface area contributed by atoms with Crippen LogP contribution in [-0.4, -0.2) is 27.1 Å². The number of nitrogens with one attached hydrogen (secondary N) is 1. The Morgan fingerprint density at radius 2 is 1.71 bits per heavy atom. The summed E-state index contributed by atoms with van der Waals surface area (Å²) in [4.78, 5) is 12.3. The molecule has 0 aliphatic rings. The van der Waals surface area contributed by atoms with E-state index in [1.54, 1.807) is 13.0 Å². The lowest BCUT2D eigenvalue weighted by atomic mass is 10.2. The molecule has 0 saturated carbocycles. The Hall–Kier alpha value is -3.73. The number of halogens is 4. The fourth-order valence-electron chi connectivity index (χ4n) is 2.91. The van der Waals surface area contributed by atoms with E-state index in [0.29, 0.717) is 10.4 Å². The molecule has 3 rings (SSSR count). The average molecular weight is 493 g/mol. The van der Waals surface area contributed by atoms with Gasteiger partial charge in [-0.2, -0.15) is 18.3 Å². The van der Waals surface area contributed by atoms with E-state index in [9.17, 15) is 30.8 Å². The number of carbonyl (C=O) groups is 1. The molecule has 0 unspecified atom stereocenters. The highest BCUT2D eigenvalue weighted by molar-refractivity contribution is 7.92. The zero-order valence-electron chi connectivity index (χ0n) is 17.8. The lowest BCUT2D eigenvalue weighted by molar-refractivity contribution is -0.137. The van der Waals surface area contributed by atoms with Gasteiger partial charge in [-0.1, -0.05) is 42.0 Å². The van der Waals surface area contributed by atoms with Gasteiger partial charge in [-0.15, -0.1) is 0 Å². The first-order valence-corrected chi connectivity index (χ1v) is 11.3. The molecule has 0 aliphatic heterocycles. The molecule has 11 heteroatoms. The number of nitrogens with zero attached hydrogens (tertiary/aromatic N) is 2. The predicted octanol–water partition coefficient (Wildman–Crippen LogP) is 4.50. The van der Waals surface area contributed by atoms with Crippen LogP contribution in [0.3, 0.4) is 0 Å². The number of carbonyl (C=O) groups excluding carboxylic acids is 1. The first kappa shape index (κ1) is 24.9. The van der Waals surface area contributed by atoms with E-state index in [4.69, 9.17) is 0 Å². The molecular formula is C23H19F4N3O3S. The fourth-order valence-corrected chi connectivity index (χ4v) is 4.32. The maximum Gasteiger partial charge on any atom is 0.416 e. The van der Waals surface area contributed by atoms with Crippen LogP contribution < -0.4 is 9.73 Å². The molecule has 0 aromatic heterocycles. The van der Waals surface area contributed by atoms with Gasteiger partial charge in [0.25, 0.3) is 15.9 Å². The van der Waals surface area contributed by atoms with Gasteiger partial charge in [0.2, 0.25) is 0 Å². The number of amides is 1. The maximum atomic E-state index is 13.7. The fraction of sp³-hybridized carbons (Fsp3) is 0.130. The zero-order valence-corrected chi connectivity index (χ0v) is 18.6. The maximum absolute atomic E-state index is 13.7. The van der Waals surface area contributed by atoms with Crippen LogP contribution in [0.2, 0.25) is 0 Å². The second-order valence-electron chi connectivity index (χ2n) is 7.19. The van der Waals surface area contributed by atoms with E-state index < -0.39 is 40.0 Å². The van der Waals surface area contributed by atoms with Gasteiger partial charge in [0.05, 0.1) is 22.4 Å². The summed E-state index contributed by atoms with van der Waals surface area (Å²) in [6, 6.07) is 14.9. The van der Waals surface area contributed by atoms with E-state index in [1.165, 1.54) is 42.5 Å². The van der Waals surface area contributed by atoms with Crippen molar-refractivity contribution in [2.45, 2.75) is 18.0 Å². The number of hydrogen-bond donors (Lipinski definition) is 1. The van der Waals surface area contributed by atoms with Crippen LogP contribution in [0.4, 0.5) is 23.2 Å². The van der Waals surface area contributed by atoms with Crippen LogP contribution in [0.15, 0.2) is 82.8 Å². The van der Waals surface area contributed by atoms with Crippen molar-refractivity contribution in [3.63, 3.8) is 0 Å². The van der Waals surface area contributed by atoms with E-state index in [2.05, 4.69) is 10.5 Å². The summed E-state index contributed by atoms with van der Waals surface area (Å²) >= 11 is 0. The second kappa shape index (κ2) is 10.0. The Balaban J connectivity index is 1.93. The molecule has 34 heavy (non-hydrogen) atoms. The first-order chi connectivity index (χ1) is 16.0. The summed E-state index contributed by atoms with van der Waals surface area (Å²) in [6.07, 6.45) is -3.70. The van der Waals surface area contributed by atoms with E-state index in [-0.39, 0.29) is 16.1 Å². The first-order valence-electron chi connectivity index (χ1n) is 9.81. The Bertz CT molecular complexity index is 1310. The number of alkyl halides is 3. The quantitative estimate of drug-likeness (QED) is 0.299. The topological polar surface area (TPSA) is 78.8 Å². The van der Waals surface area contributed by atoms with Crippen LogP contribution in [0.1, 0.15) is 16.7 Å². The molecule has 0 spiro atoms. The lowest BCUT2D eigenvalue weighted by Crippen LogP contribution is -2.39. The van der Waals surface area contributed by atoms with Crippen molar-refractivity contribution in [3.8, 4) is 0 Å². The van der Waals surface area contributed by atoms with Gasteiger partial charge >= 0.3 is 6.18 Å². The molecule has 178 valence electrons. The zero-order chi connectivity index (χ0) is 24.9. The second-order valence-corrected chi connectivity index (χ2v) is 9.05. The Morgan fingerprint density at radius 1 is 1.03 bits per heavy atom. The van der Waals surface area contributed by atoms with Crippen LogP contribution >= 0.6 is 0 Å². The minimum Gasteiger partial charge on any atom is -0.271 e. The number of aryl methyl sites for hydroxylation is 1. The molecule has 1 N–H and O–H groups in total. The Morgan fingerprint density at radius 3 is 2.35 bits per heavy atom. The molecule has 0 bridgehead atoms. The lowest BCUT2D eigenvalue weighted by Gasteiger charge is -2.24. The van der Waals surface area contributed by atoms with Crippen molar-refractivity contribution >= 4 is 27.8 Å². The van der Waals surface area contributed by atoms with Crippen molar-refractivity contribution in [3.05, 3.63) is 95.3 Å². The third-order valence-corrected chi connectivity index (χ3v) is 6.44. The number of sulfonamides is 1. The molecule has 0 heterocycles. The summed E-state index contributed by atoms with van der Waals surface area (Å²) in [7, 11) is -4.42. The smallest absolute Gasteiger partial charge is 0.271 e. The summed E-state index contributed by atoms with van der Waals surface area (Å²) in [5.74, 6) is -1.53. The van der Waals surface area contributed by atoms with Gasteiger partial charge in [-0.05, 0) is 43.3 Å². The monoisotopic (exact) mass is 493 g/mol. The number of benzene rings is 3. The van der Waals surface area contributed by atoms with Gasteiger partial charge in [0.15, 0.2) is 0 Å². The molecule has 6 nitrogen and oxygen atoms in total. The van der Waals surface area contributed by atoms with Crippen LogP contribution in [0.25, 0.3) is 0 Å². The Labute approximate surface area is 193 Å². The molecule has 0 fully saturated rings. The minimum absolute atomic E-state index is 0.0739. The van der Waals surface area contributed by atoms with Gasteiger partial charge in [-0.3, -0.25) is 9.10 Å². The van der Waals surface area contributed by atoms with Crippen molar-refractivity contribution in [2.24, 2.45) is 5.10 Å². The number of rotatable bonds is 7. The number of hydrazone groups is 1. The summed E-state index contributed by atoms with van der Waals surface area (Å²) in [5, 5.41) is 3.61. The third-order valence-electron chi connectivity index (χ3n) is 4.66. The van der Waals surface area contributed by atoms with Gasteiger partial charge in [-0.25, -0.2) is 18.2 Å². The molecular weight excluding hydrogens is 474 g/mol. The highest BCUT2D eigenvalue weighted by atomic mass is 32.2. The molecule has 0 saturated heterocycles. The molecule has 0 aliphatic carbocycles. The molecule has 3 aromatic rings. The van der Waals surface area contributed by atoms with Crippen LogP contribution in [0, 0.1) is 12.7 Å². The number of anilines is 1. The van der Waals surface area contributed by atoms with E-state index >= 15 is 0 Å². The van der Waals surface area contributed by atoms with Crippen LogP contribution in [0.5, 0.6) is 0 Å². The summed E-state index contributed by atoms with van der Waals surface area (Å²) in [5.41, 5.74) is 1.48. The highest BCUT2D eigenvalue weighted by Gasteiger charge is 2.33. The van der Waals surface area contributed by atoms with Gasteiger partial charge in [0.1, 0.15) is 12.4 Å². The molecule has 0 radical (unpaired) electrons. The average Bonchev–Trinajstić information content (AvgIpc) is 2.78. The van der Waals surface area contributed by atoms with Crippen LogP contribution in [-0.2, 0) is 21.0 Å². The summed E-state index contributed by atoms with van der Waals surface area (Å²) < 4.78 is 80.4. The van der Waals surface area contributed by atoms with Gasteiger partial charge < -0.3 is 0 Å². The van der Waals surface area contributed by atoms with Crippen molar-refractivity contribution in [1.82, 2.24) is 5.43 Å². The SMILES string of the molecule is Cc1ccc(S(=O)(=O)N(CC(=O)N/N=C\c2ccccc2F)c2cccc(C(F)(F)F)c2)cc1. The predicted molar refractivity (Wildman–Crippen MR) is 119 cm³/mol. The molecule has 3 aromatic carbocycles. The normalized spacial score (nSPS) is 12.0. The highest BCUT2D eigenvalue weighted by Crippen LogP contribution is 2.33.